The minimum atomic E-state index is 0.251. The summed E-state index contributed by atoms with van der Waals surface area (Å²) in [5.41, 5.74) is 8.40. The van der Waals surface area contributed by atoms with Crippen molar-refractivity contribution < 1.29 is 9.53 Å². The predicted molar refractivity (Wildman–Crippen MR) is 211 cm³/mol. The summed E-state index contributed by atoms with van der Waals surface area (Å²) in [6.07, 6.45) is 19.3. The Bertz CT molecular complexity index is 1300. The van der Waals surface area contributed by atoms with Crippen LogP contribution in [0.4, 0.5) is 0 Å². The van der Waals surface area contributed by atoms with Gasteiger partial charge in [-0.3, -0.25) is 9.79 Å². The molecule has 3 nitrogen and oxygen atoms in total. The topological polar surface area (TPSA) is 38.7 Å². The van der Waals surface area contributed by atoms with E-state index in [2.05, 4.69) is 85.4 Å². The number of aryl methyl sites for hydroxylation is 2. The highest BCUT2D eigenvalue weighted by Gasteiger charge is 2.21. The summed E-state index contributed by atoms with van der Waals surface area (Å²) in [6, 6.07) is 16.6. The molecule has 0 fully saturated rings. The van der Waals surface area contributed by atoms with Crippen molar-refractivity contribution in [1.82, 2.24) is 0 Å². The van der Waals surface area contributed by atoms with E-state index < -0.39 is 0 Å². The van der Waals surface area contributed by atoms with Crippen molar-refractivity contribution >= 4 is 11.5 Å². The average molecular weight is 656 g/mol. The second-order valence-electron chi connectivity index (χ2n) is 13.5. The molecule has 1 aliphatic heterocycles. The summed E-state index contributed by atoms with van der Waals surface area (Å²) in [5, 5.41) is 0. The Balaban J connectivity index is 0.000000431. The first-order chi connectivity index (χ1) is 23.1. The molecule has 1 aliphatic rings. The molecule has 2 aromatic rings. The molecule has 0 bridgehead atoms. The number of rotatable bonds is 18. The molecule has 0 amide bonds. The summed E-state index contributed by atoms with van der Waals surface area (Å²) in [4.78, 5) is 16.2. The maximum Gasteiger partial charge on any atom is 0.162 e. The van der Waals surface area contributed by atoms with Crippen LogP contribution in [0.1, 0.15) is 165 Å². The van der Waals surface area contributed by atoms with Crippen LogP contribution in [0.2, 0.25) is 0 Å². The number of dihydropyridines is 1. The Labute approximate surface area is 296 Å². The van der Waals surface area contributed by atoms with E-state index in [1.165, 1.54) is 79.9 Å². The fourth-order valence-corrected chi connectivity index (χ4v) is 5.94. The monoisotopic (exact) mass is 656 g/mol. The van der Waals surface area contributed by atoms with E-state index in [4.69, 9.17) is 9.73 Å². The summed E-state index contributed by atoms with van der Waals surface area (Å²) < 4.78 is 5.79. The molecular weight excluding hydrogens is 587 g/mol. The van der Waals surface area contributed by atoms with E-state index in [1.54, 1.807) is 0 Å². The molecule has 2 atom stereocenters. The van der Waals surface area contributed by atoms with Gasteiger partial charge in [-0.05, 0) is 82.1 Å². The van der Waals surface area contributed by atoms with E-state index in [1.807, 2.05) is 38.1 Å². The smallest absolute Gasteiger partial charge is 0.162 e. The highest BCUT2D eigenvalue weighted by atomic mass is 16.5. The van der Waals surface area contributed by atoms with E-state index >= 15 is 0 Å². The van der Waals surface area contributed by atoms with Crippen molar-refractivity contribution in [1.29, 1.82) is 0 Å². The van der Waals surface area contributed by atoms with Gasteiger partial charge in [0.2, 0.25) is 0 Å². The number of hydrogen-bond donors (Lipinski definition) is 0. The van der Waals surface area contributed by atoms with Gasteiger partial charge in [0, 0.05) is 24.4 Å². The fraction of sp³-hybridized carbons (Fsp3) is 0.556. The van der Waals surface area contributed by atoms with Crippen LogP contribution < -0.4 is 0 Å². The number of carbonyl (C=O) groups excluding carboxylic acids is 1. The van der Waals surface area contributed by atoms with Gasteiger partial charge in [-0.25, -0.2) is 0 Å². The molecule has 0 aliphatic carbocycles. The van der Waals surface area contributed by atoms with Gasteiger partial charge < -0.3 is 4.74 Å². The number of allylic oxidation sites excluding steroid dienone is 2. The van der Waals surface area contributed by atoms with Gasteiger partial charge in [-0.1, -0.05) is 152 Å². The van der Waals surface area contributed by atoms with Crippen LogP contribution in [0.5, 0.6) is 0 Å². The van der Waals surface area contributed by atoms with Crippen LogP contribution in [-0.2, 0) is 4.74 Å². The average Bonchev–Trinajstić information content (AvgIpc) is 3.09. The van der Waals surface area contributed by atoms with Crippen molar-refractivity contribution in [3.63, 3.8) is 0 Å². The van der Waals surface area contributed by atoms with Crippen LogP contribution in [0, 0.1) is 19.8 Å². The molecular formula is C45H69NO2. The lowest BCUT2D eigenvalue weighted by Gasteiger charge is -2.24. The first-order valence-corrected chi connectivity index (χ1v) is 19.0. The van der Waals surface area contributed by atoms with Gasteiger partial charge in [0.05, 0.1) is 12.0 Å². The third-order valence-corrected chi connectivity index (χ3v) is 9.10. The van der Waals surface area contributed by atoms with Crippen molar-refractivity contribution in [2.45, 2.75) is 152 Å². The van der Waals surface area contributed by atoms with Crippen LogP contribution >= 0.6 is 0 Å². The summed E-state index contributed by atoms with van der Waals surface area (Å²) in [6.45, 7) is 24.3. The number of ether oxygens (including phenoxy) is 1. The first kappa shape index (κ1) is 42.8. The molecule has 0 aromatic heterocycles. The Hall–Kier alpha value is -3.20. The third kappa shape index (κ3) is 16.8. The number of nitrogens with zero attached hydrogens (tertiary/aromatic N) is 1. The molecule has 0 saturated heterocycles. The summed E-state index contributed by atoms with van der Waals surface area (Å²) in [7, 11) is 0. The van der Waals surface area contributed by atoms with E-state index in [9.17, 15) is 4.79 Å². The van der Waals surface area contributed by atoms with Gasteiger partial charge in [-0.2, -0.15) is 0 Å². The minimum absolute atomic E-state index is 0.251. The molecule has 0 spiro atoms. The van der Waals surface area contributed by atoms with Crippen molar-refractivity contribution in [2.24, 2.45) is 10.9 Å². The van der Waals surface area contributed by atoms with Gasteiger partial charge in [0.15, 0.2) is 11.5 Å². The molecule has 0 saturated carbocycles. The van der Waals surface area contributed by atoms with Crippen LogP contribution in [0.25, 0.3) is 0 Å². The van der Waals surface area contributed by atoms with Crippen molar-refractivity contribution in [3.8, 4) is 0 Å². The second kappa shape index (κ2) is 25.8. The highest BCUT2D eigenvalue weighted by Crippen LogP contribution is 2.33. The summed E-state index contributed by atoms with van der Waals surface area (Å²) in [5.74, 6) is 2.55. The normalized spacial score (nSPS) is 14.1. The number of carbonyl (C=O) groups is 1. The fourth-order valence-electron chi connectivity index (χ4n) is 5.94. The molecule has 266 valence electrons. The Kier molecular flexibility index (Phi) is 23.0. The zero-order valence-corrected chi connectivity index (χ0v) is 32.3. The van der Waals surface area contributed by atoms with Gasteiger partial charge in [0.25, 0.3) is 0 Å². The number of benzene rings is 2. The Morgan fingerprint density at radius 3 is 2.15 bits per heavy atom. The highest BCUT2D eigenvalue weighted by molar-refractivity contribution is 6.08. The summed E-state index contributed by atoms with van der Waals surface area (Å²) >= 11 is 0. The number of ketones is 1. The zero-order valence-electron chi connectivity index (χ0n) is 32.3. The zero-order chi connectivity index (χ0) is 35.7. The minimum Gasteiger partial charge on any atom is -0.463 e. The molecule has 3 rings (SSSR count). The Morgan fingerprint density at radius 2 is 1.56 bits per heavy atom. The van der Waals surface area contributed by atoms with Gasteiger partial charge >= 0.3 is 0 Å². The van der Waals surface area contributed by atoms with E-state index in [0.29, 0.717) is 12.3 Å². The van der Waals surface area contributed by atoms with E-state index in [0.717, 1.165) is 60.7 Å². The maximum absolute atomic E-state index is 11.4. The maximum atomic E-state index is 11.4. The van der Waals surface area contributed by atoms with Crippen LogP contribution in [0.3, 0.4) is 0 Å². The SMILES string of the molecule is C=COC(C1=NCCC(C(CC)c2cccc(C)c2)=C1)=C(C)CCCC.CCCC(=O)c1cccc(C)c1.CCCCCCC(C)CC. The molecule has 1 heterocycles. The number of aliphatic imine (C=N–C) groups is 1. The third-order valence-electron chi connectivity index (χ3n) is 9.10. The molecule has 2 unspecified atom stereocenters. The van der Waals surface area contributed by atoms with E-state index in [-0.39, 0.29) is 5.78 Å². The second-order valence-corrected chi connectivity index (χ2v) is 13.5. The molecule has 0 radical (unpaired) electrons. The van der Waals surface area contributed by atoms with Gasteiger partial charge in [-0.15, -0.1) is 0 Å². The lowest BCUT2D eigenvalue weighted by molar-refractivity contribution is 0.0981. The molecule has 0 N–H and O–H groups in total. The molecule has 48 heavy (non-hydrogen) atoms. The number of Topliss-reactive ketones (excluding diaryl/α,β-unsaturated/α-hetero) is 1. The largest absolute Gasteiger partial charge is 0.463 e. The lowest BCUT2D eigenvalue weighted by atomic mass is 9.84. The predicted octanol–water partition coefficient (Wildman–Crippen LogP) is 13.9. The standard InChI is InChI=1S/C24H33NO.C11H14O.C10H22/c1-6-9-12-19(5)24(26-8-3)23-17-21(14-15-25-23)22(7-2)20-13-10-11-18(4)16-20;1-3-5-11(12)10-7-4-6-9(2)8-10;1-4-6-7-8-9-10(3)5-2/h8,10-11,13,16-17,22H,3,6-7,9,12,14-15H2,1-2,4-5H3;4,6-8H,3,5H2,1-2H3;10H,4-9H2,1-3H3. The Morgan fingerprint density at radius 1 is 0.875 bits per heavy atom. The lowest BCUT2D eigenvalue weighted by Crippen LogP contribution is -2.14. The molecule has 2 aromatic carbocycles. The van der Waals surface area contributed by atoms with Crippen molar-refractivity contribution in [3.05, 3.63) is 107 Å². The quantitative estimate of drug-likeness (QED) is 0.0910. The first-order valence-electron chi connectivity index (χ1n) is 19.0. The number of unbranched alkanes of at least 4 members (excludes halogenated alkanes) is 4. The number of hydrogen-bond acceptors (Lipinski definition) is 3. The van der Waals surface area contributed by atoms with Crippen molar-refractivity contribution in [2.75, 3.05) is 6.54 Å². The molecule has 3 heteroatoms. The van der Waals surface area contributed by atoms with Crippen LogP contribution in [0.15, 0.2) is 89.3 Å². The van der Waals surface area contributed by atoms with Gasteiger partial charge in [0.1, 0.15) is 0 Å². The van der Waals surface area contributed by atoms with Crippen LogP contribution in [-0.4, -0.2) is 18.0 Å².